The monoisotopic (exact) mass is 194 g/mol. The molecule has 0 N–H and O–H groups in total. The molecule has 0 spiro atoms. The summed E-state index contributed by atoms with van der Waals surface area (Å²) in [4.78, 5) is 22.7. The van der Waals surface area contributed by atoms with Crippen LogP contribution in [0.1, 0.15) is 40.0 Å². The number of Topliss-reactive ketones (excluding diaryl/α,β-unsaturated/α-hetero) is 1. The molecule has 0 radical (unpaired) electrons. The molecule has 78 valence electrons. The molecule has 14 heavy (non-hydrogen) atoms. The average molecular weight is 194 g/mol. The lowest BCUT2D eigenvalue weighted by atomic mass is 9.70. The highest BCUT2D eigenvalue weighted by molar-refractivity contribution is 5.92. The molecule has 2 aliphatic rings. The number of ketones is 1. The van der Waals surface area contributed by atoms with Crippen molar-refractivity contribution < 1.29 is 9.59 Å². The van der Waals surface area contributed by atoms with Gasteiger partial charge in [0.2, 0.25) is 0 Å². The maximum Gasteiger partial charge on any atom is 0.143 e. The number of rotatable bonds is 2. The molecular weight excluding hydrogens is 176 g/mol. The first-order chi connectivity index (χ1) is 6.45. The molecule has 2 aliphatic carbocycles. The van der Waals surface area contributed by atoms with Crippen LogP contribution in [0.25, 0.3) is 0 Å². The summed E-state index contributed by atoms with van der Waals surface area (Å²) in [6.45, 7) is 6.46. The summed E-state index contributed by atoms with van der Waals surface area (Å²) < 4.78 is 0. The highest BCUT2D eigenvalue weighted by Crippen LogP contribution is 2.66. The first-order valence-electron chi connectivity index (χ1n) is 5.43. The molecule has 3 atom stereocenters. The van der Waals surface area contributed by atoms with Crippen molar-refractivity contribution in [1.82, 2.24) is 0 Å². The molecule has 0 aromatic carbocycles. The predicted octanol–water partition coefficient (Wildman–Crippen LogP) is 2.22. The molecule has 0 aliphatic heterocycles. The van der Waals surface area contributed by atoms with Crippen molar-refractivity contribution in [1.29, 1.82) is 0 Å². The molecule has 2 nitrogen and oxygen atoms in total. The smallest absolute Gasteiger partial charge is 0.143 e. The van der Waals surface area contributed by atoms with Gasteiger partial charge in [0.1, 0.15) is 12.1 Å². The van der Waals surface area contributed by atoms with Gasteiger partial charge in [-0.25, -0.2) is 0 Å². The average Bonchev–Trinajstić information content (AvgIpc) is 2.41. The zero-order valence-corrected chi connectivity index (χ0v) is 9.17. The second kappa shape index (κ2) is 2.68. The Balaban J connectivity index is 2.38. The lowest BCUT2D eigenvalue weighted by Crippen LogP contribution is -2.33. The maximum atomic E-state index is 12.1. The lowest BCUT2D eigenvalue weighted by molar-refractivity contribution is -0.132. The fraction of sp³-hybridized carbons (Fsp3) is 0.833. The SMILES string of the molecule is CC12CCC(C(CC=O)C1=O)C2(C)C. The van der Waals surface area contributed by atoms with E-state index in [1.54, 1.807) is 0 Å². The van der Waals surface area contributed by atoms with Crippen LogP contribution in [-0.2, 0) is 9.59 Å². The molecule has 2 rings (SSSR count). The summed E-state index contributed by atoms with van der Waals surface area (Å²) in [5.41, 5.74) is -0.0664. The van der Waals surface area contributed by atoms with Crippen LogP contribution in [0, 0.1) is 22.7 Å². The Labute approximate surface area is 85.1 Å². The first kappa shape index (κ1) is 9.88. The highest BCUT2D eigenvalue weighted by atomic mass is 16.1. The van der Waals surface area contributed by atoms with Gasteiger partial charge in [-0.2, -0.15) is 0 Å². The van der Waals surface area contributed by atoms with E-state index in [4.69, 9.17) is 0 Å². The number of hydrogen-bond acceptors (Lipinski definition) is 2. The van der Waals surface area contributed by atoms with E-state index in [1.165, 1.54) is 0 Å². The standard InChI is InChI=1S/C12H18O2/c1-11(2)9-4-6-12(11,3)10(14)8(9)5-7-13/h7-9H,4-6H2,1-3H3. The van der Waals surface area contributed by atoms with Crippen LogP contribution >= 0.6 is 0 Å². The van der Waals surface area contributed by atoms with Crippen molar-refractivity contribution in [3.63, 3.8) is 0 Å². The zero-order valence-electron chi connectivity index (χ0n) is 9.17. The van der Waals surface area contributed by atoms with E-state index in [2.05, 4.69) is 20.8 Å². The quantitative estimate of drug-likeness (QED) is 0.632. The van der Waals surface area contributed by atoms with Gasteiger partial charge >= 0.3 is 0 Å². The Hall–Kier alpha value is -0.660. The molecule has 0 amide bonds. The van der Waals surface area contributed by atoms with Gasteiger partial charge in [0.15, 0.2) is 0 Å². The number of fused-ring (bicyclic) bond motifs is 2. The van der Waals surface area contributed by atoms with Crippen molar-refractivity contribution in [2.24, 2.45) is 22.7 Å². The minimum absolute atomic E-state index is 0.0150. The lowest BCUT2D eigenvalue weighted by Gasteiger charge is -2.32. The van der Waals surface area contributed by atoms with E-state index in [0.717, 1.165) is 19.1 Å². The third kappa shape index (κ3) is 0.870. The Morgan fingerprint density at radius 2 is 2.07 bits per heavy atom. The van der Waals surface area contributed by atoms with Crippen LogP contribution in [0.2, 0.25) is 0 Å². The maximum absolute atomic E-state index is 12.1. The van der Waals surface area contributed by atoms with Crippen LogP contribution < -0.4 is 0 Å². The normalized spacial score (nSPS) is 44.4. The van der Waals surface area contributed by atoms with Crippen LogP contribution in [0.3, 0.4) is 0 Å². The van der Waals surface area contributed by atoms with Crippen molar-refractivity contribution in [3.05, 3.63) is 0 Å². The van der Waals surface area contributed by atoms with Crippen molar-refractivity contribution in [3.8, 4) is 0 Å². The summed E-state index contributed by atoms with van der Waals surface area (Å²) in [5.74, 6) is 0.789. The Bertz CT molecular complexity index is 293. The van der Waals surface area contributed by atoms with Gasteiger partial charge in [-0.1, -0.05) is 20.8 Å². The van der Waals surface area contributed by atoms with Crippen LogP contribution in [0.5, 0.6) is 0 Å². The van der Waals surface area contributed by atoms with Gasteiger partial charge in [0, 0.05) is 17.8 Å². The molecule has 0 saturated heterocycles. The van der Waals surface area contributed by atoms with E-state index < -0.39 is 0 Å². The van der Waals surface area contributed by atoms with Crippen molar-refractivity contribution in [2.45, 2.75) is 40.0 Å². The third-order valence-corrected chi connectivity index (χ3v) is 5.02. The topological polar surface area (TPSA) is 34.1 Å². The predicted molar refractivity (Wildman–Crippen MR) is 53.8 cm³/mol. The van der Waals surface area contributed by atoms with Gasteiger partial charge in [0.25, 0.3) is 0 Å². The molecule has 0 aromatic rings. The summed E-state index contributed by atoms with van der Waals surface area (Å²) >= 11 is 0. The summed E-state index contributed by atoms with van der Waals surface area (Å²) in [7, 11) is 0. The van der Waals surface area contributed by atoms with Gasteiger partial charge in [-0.15, -0.1) is 0 Å². The highest BCUT2D eigenvalue weighted by Gasteiger charge is 2.65. The zero-order chi connectivity index (χ0) is 10.6. The Morgan fingerprint density at radius 3 is 2.50 bits per heavy atom. The number of hydrogen-bond donors (Lipinski definition) is 0. The van der Waals surface area contributed by atoms with E-state index in [0.29, 0.717) is 18.1 Å². The Morgan fingerprint density at radius 1 is 1.43 bits per heavy atom. The van der Waals surface area contributed by atoms with Gasteiger partial charge in [0.05, 0.1) is 0 Å². The summed E-state index contributed by atoms with van der Waals surface area (Å²) in [5, 5.41) is 0. The Kier molecular flexibility index (Phi) is 1.89. The molecule has 2 bridgehead atoms. The van der Waals surface area contributed by atoms with Crippen molar-refractivity contribution >= 4 is 12.1 Å². The molecule has 0 heterocycles. The summed E-state index contributed by atoms with van der Waals surface area (Å²) in [6, 6.07) is 0. The molecule has 2 saturated carbocycles. The minimum Gasteiger partial charge on any atom is -0.303 e. The second-order valence-corrected chi connectivity index (χ2v) is 5.57. The van der Waals surface area contributed by atoms with Crippen LogP contribution in [-0.4, -0.2) is 12.1 Å². The van der Waals surface area contributed by atoms with E-state index in [1.807, 2.05) is 0 Å². The second-order valence-electron chi connectivity index (χ2n) is 5.57. The van der Waals surface area contributed by atoms with Gasteiger partial charge in [-0.05, 0) is 24.2 Å². The van der Waals surface area contributed by atoms with Crippen LogP contribution in [0.4, 0.5) is 0 Å². The molecular formula is C12H18O2. The molecule has 0 aromatic heterocycles. The summed E-state index contributed by atoms with van der Waals surface area (Å²) in [6.07, 6.45) is 3.47. The van der Waals surface area contributed by atoms with Crippen molar-refractivity contribution in [2.75, 3.05) is 0 Å². The fourth-order valence-corrected chi connectivity index (χ4v) is 3.65. The van der Waals surface area contributed by atoms with Gasteiger partial charge < -0.3 is 4.79 Å². The molecule has 3 unspecified atom stereocenters. The van der Waals surface area contributed by atoms with E-state index in [9.17, 15) is 9.59 Å². The largest absolute Gasteiger partial charge is 0.303 e. The number of aldehydes is 1. The minimum atomic E-state index is -0.161. The first-order valence-corrected chi connectivity index (χ1v) is 5.43. The van der Waals surface area contributed by atoms with E-state index >= 15 is 0 Å². The third-order valence-electron chi connectivity index (χ3n) is 5.02. The number of carbonyl (C=O) groups is 2. The fourth-order valence-electron chi connectivity index (χ4n) is 3.65. The number of carbonyl (C=O) groups excluding carboxylic acids is 2. The molecule has 2 fully saturated rings. The van der Waals surface area contributed by atoms with Crippen LogP contribution in [0.15, 0.2) is 0 Å². The van der Waals surface area contributed by atoms with E-state index in [-0.39, 0.29) is 16.7 Å². The van der Waals surface area contributed by atoms with Gasteiger partial charge in [-0.3, -0.25) is 4.79 Å². The molecule has 2 heteroatoms.